The Morgan fingerprint density at radius 2 is 1.50 bits per heavy atom. The first-order valence-electron chi connectivity index (χ1n) is 8.29. The maximum Gasteiger partial charge on any atom is 0.0717 e. The molecule has 0 fully saturated rings. The zero-order valence-corrected chi connectivity index (χ0v) is 14.9. The van der Waals surface area contributed by atoms with Crippen LogP contribution in [-0.2, 0) is 0 Å². The molecule has 0 saturated carbocycles. The molecule has 0 atom stereocenters. The van der Waals surface area contributed by atoms with Gasteiger partial charge in [0.1, 0.15) is 0 Å². The SMILES string of the molecule is CCCCCCCC[Si](C)(C)/C=C/c1ccc(C)cc1. The number of hydrogen-bond donors (Lipinski definition) is 0. The van der Waals surface area contributed by atoms with Gasteiger partial charge in [0.2, 0.25) is 0 Å². The summed E-state index contributed by atoms with van der Waals surface area (Å²) in [7, 11) is -1.15. The number of aryl methyl sites for hydroxylation is 1. The number of benzene rings is 1. The van der Waals surface area contributed by atoms with Crippen molar-refractivity contribution >= 4 is 14.1 Å². The molecule has 0 N–H and O–H groups in total. The number of unbranched alkanes of at least 4 members (excludes halogenated alkanes) is 5. The van der Waals surface area contributed by atoms with Crippen LogP contribution in [0.3, 0.4) is 0 Å². The standard InChI is InChI=1S/C19H32Si/c1-5-6-7-8-9-10-16-20(3,4)17-15-19-13-11-18(2)12-14-19/h11-15,17H,5-10,16H2,1-4H3/b17-15+. The molecule has 0 radical (unpaired) electrons. The highest BCUT2D eigenvalue weighted by Crippen LogP contribution is 2.18. The number of hydrogen-bond acceptors (Lipinski definition) is 0. The van der Waals surface area contributed by atoms with Crippen molar-refractivity contribution in [3.05, 3.63) is 41.1 Å². The van der Waals surface area contributed by atoms with Crippen LogP contribution in [0.15, 0.2) is 30.0 Å². The van der Waals surface area contributed by atoms with E-state index in [9.17, 15) is 0 Å². The molecule has 0 amide bonds. The fourth-order valence-corrected chi connectivity index (χ4v) is 4.42. The Balaban J connectivity index is 2.31. The summed E-state index contributed by atoms with van der Waals surface area (Å²) in [5.41, 5.74) is 5.20. The lowest BCUT2D eigenvalue weighted by Crippen LogP contribution is -2.21. The summed E-state index contributed by atoms with van der Waals surface area (Å²) in [5.74, 6) is 0. The van der Waals surface area contributed by atoms with E-state index in [0.717, 1.165) is 0 Å². The monoisotopic (exact) mass is 288 g/mol. The Bertz CT molecular complexity index is 387. The summed E-state index contributed by atoms with van der Waals surface area (Å²) in [4.78, 5) is 0. The second-order valence-corrected chi connectivity index (χ2v) is 11.6. The van der Waals surface area contributed by atoms with Crippen molar-refractivity contribution in [2.24, 2.45) is 0 Å². The molecule has 0 aliphatic rings. The Morgan fingerprint density at radius 3 is 2.15 bits per heavy atom. The zero-order chi connectivity index (χ0) is 14.8. The van der Waals surface area contributed by atoms with Crippen LogP contribution in [0.1, 0.15) is 56.6 Å². The van der Waals surface area contributed by atoms with Gasteiger partial charge in [-0.3, -0.25) is 0 Å². The summed E-state index contributed by atoms with van der Waals surface area (Å²) >= 11 is 0. The van der Waals surface area contributed by atoms with E-state index in [4.69, 9.17) is 0 Å². The minimum Gasteiger partial charge on any atom is -0.0942 e. The van der Waals surface area contributed by atoms with Crippen LogP contribution in [-0.4, -0.2) is 8.07 Å². The maximum absolute atomic E-state index is 2.52. The van der Waals surface area contributed by atoms with E-state index < -0.39 is 8.07 Å². The second kappa shape index (κ2) is 9.18. The van der Waals surface area contributed by atoms with E-state index in [-0.39, 0.29) is 0 Å². The predicted octanol–water partition coefficient (Wildman–Crippen LogP) is 6.62. The molecular formula is C19H32Si. The lowest BCUT2D eigenvalue weighted by molar-refractivity contribution is 0.622. The van der Waals surface area contributed by atoms with E-state index in [0.29, 0.717) is 0 Å². The van der Waals surface area contributed by atoms with Crippen molar-refractivity contribution in [2.75, 3.05) is 0 Å². The third-order valence-electron chi connectivity index (χ3n) is 3.98. The quantitative estimate of drug-likeness (QED) is 0.354. The number of rotatable bonds is 9. The van der Waals surface area contributed by atoms with E-state index in [1.807, 2.05) is 0 Å². The van der Waals surface area contributed by atoms with Crippen molar-refractivity contribution in [3.8, 4) is 0 Å². The fourth-order valence-electron chi connectivity index (χ4n) is 2.44. The Kier molecular flexibility index (Phi) is 7.90. The van der Waals surface area contributed by atoms with Crippen molar-refractivity contribution in [1.29, 1.82) is 0 Å². The van der Waals surface area contributed by atoms with Gasteiger partial charge in [0.05, 0.1) is 8.07 Å². The molecule has 0 spiro atoms. The summed E-state index contributed by atoms with van der Waals surface area (Å²) in [5, 5.41) is 0. The highest BCUT2D eigenvalue weighted by molar-refractivity contribution is 6.82. The van der Waals surface area contributed by atoms with E-state index in [1.54, 1.807) is 0 Å². The van der Waals surface area contributed by atoms with Gasteiger partial charge in [0.15, 0.2) is 0 Å². The van der Waals surface area contributed by atoms with Gasteiger partial charge in [0.25, 0.3) is 0 Å². The molecule has 1 heteroatoms. The van der Waals surface area contributed by atoms with Crippen LogP contribution < -0.4 is 0 Å². The highest BCUT2D eigenvalue weighted by atomic mass is 28.3. The van der Waals surface area contributed by atoms with Gasteiger partial charge in [-0.1, -0.05) is 106 Å². The lowest BCUT2D eigenvalue weighted by Gasteiger charge is -2.17. The Morgan fingerprint density at radius 1 is 0.900 bits per heavy atom. The predicted molar refractivity (Wildman–Crippen MR) is 95.9 cm³/mol. The van der Waals surface area contributed by atoms with E-state index in [2.05, 4.69) is 63.0 Å². The molecule has 1 aromatic rings. The van der Waals surface area contributed by atoms with Crippen LogP contribution in [0.4, 0.5) is 0 Å². The Hall–Kier alpha value is -0.823. The fraction of sp³-hybridized carbons (Fsp3) is 0.579. The summed E-state index contributed by atoms with van der Waals surface area (Å²) in [6.45, 7) is 9.41. The van der Waals surface area contributed by atoms with Crippen LogP contribution in [0, 0.1) is 6.92 Å². The third kappa shape index (κ3) is 7.69. The highest BCUT2D eigenvalue weighted by Gasteiger charge is 2.15. The van der Waals surface area contributed by atoms with Crippen molar-refractivity contribution in [2.45, 2.75) is 71.5 Å². The molecule has 0 unspecified atom stereocenters. The van der Waals surface area contributed by atoms with Gasteiger partial charge in [0, 0.05) is 0 Å². The topological polar surface area (TPSA) is 0 Å². The van der Waals surface area contributed by atoms with E-state index >= 15 is 0 Å². The van der Waals surface area contributed by atoms with Gasteiger partial charge in [-0.15, -0.1) is 0 Å². The molecule has 0 aliphatic carbocycles. The first kappa shape index (κ1) is 17.2. The van der Waals surface area contributed by atoms with Crippen LogP contribution in [0.2, 0.25) is 19.1 Å². The largest absolute Gasteiger partial charge is 0.0942 e. The average molecular weight is 289 g/mol. The molecule has 0 aliphatic heterocycles. The van der Waals surface area contributed by atoms with Gasteiger partial charge in [-0.05, 0) is 12.5 Å². The molecule has 0 saturated heterocycles. The zero-order valence-electron chi connectivity index (χ0n) is 13.9. The molecule has 20 heavy (non-hydrogen) atoms. The third-order valence-corrected chi connectivity index (χ3v) is 6.69. The molecule has 0 nitrogen and oxygen atoms in total. The molecule has 0 heterocycles. The molecule has 0 aromatic heterocycles. The van der Waals surface area contributed by atoms with Crippen LogP contribution >= 0.6 is 0 Å². The van der Waals surface area contributed by atoms with Gasteiger partial charge >= 0.3 is 0 Å². The minimum atomic E-state index is -1.15. The first-order chi connectivity index (χ1) is 9.53. The van der Waals surface area contributed by atoms with Crippen LogP contribution in [0.25, 0.3) is 6.08 Å². The first-order valence-corrected chi connectivity index (χ1v) is 11.6. The molecule has 0 bridgehead atoms. The lowest BCUT2D eigenvalue weighted by atomic mass is 10.1. The minimum absolute atomic E-state index is 1.15. The molecule has 1 rings (SSSR count). The summed E-state index contributed by atoms with van der Waals surface area (Å²) < 4.78 is 0. The van der Waals surface area contributed by atoms with Crippen molar-refractivity contribution < 1.29 is 0 Å². The maximum atomic E-state index is 2.52. The van der Waals surface area contributed by atoms with Crippen LogP contribution in [0.5, 0.6) is 0 Å². The van der Waals surface area contributed by atoms with Gasteiger partial charge in [-0.2, -0.15) is 0 Å². The van der Waals surface area contributed by atoms with E-state index in [1.165, 1.54) is 55.7 Å². The molecule has 112 valence electrons. The summed E-state index contributed by atoms with van der Waals surface area (Å²) in [6.07, 6.45) is 10.8. The van der Waals surface area contributed by atoms with Crippen molar-refractivity contribution in [3.63, 3.8) is 0 Å². The average Bonchev–Trinajstić information content (AvgIpc) is 2.42. The van der Waals surface area contributed by atoms with Gasteiger partial charge in [-0.25, -0.2) is 0 Å². The second-order valence-electron chi connectivity index (χ2n) is 6.75. The van der Waals surface area contributed by atoms with Crippen molar-refractivity contribution in [1.82, 2.24) is 0 Å². The smallest absolute Gasteiger partial charge is 0.0717 e. The molecular weight excluding hydrogens is 256 g/mol. The van der Waals surface area contributed by atoms with Gasteiger partial charge < -0.3 is 0 Å². The Labute approximate surface area is 127 Å². The summed E-state index contributed by atoms with van der Waals surface area (Å²) in [6, 6.07) is 10.3. The molecule has 1 aromatic carbocycles. The normalized spacial score (nSPS) is 12.2.